The lowest BCUT2D eigenvalue weighted by Gasteiger charge is -2.39. The molecule has 1 aromatic carbocycles. The first-order valence-corrected chi connectivity index (χ1v) is 11.0. The highest BCUT2D eigenvalue weighted by Gasteiger charge is 2.45. The van der Waals surface area contributed by atoms with Crippen LogP contribution >= 0.6 is 0 Å². The number of allylic oxidation sites excluding steroid dienone is 2. The minimum atomic E-state index is -0.853. The third-order valence-corrected chi connectivity index (χ3v) is 6.11. The molecule has 1 fully saturated rings. The quantitative estimate of drug-likeness (QED) is 0.694. The van der Waals surface area contributed by atoms with Crippen LogP contribution in [0.5, 0.6) is 0 Å². The topological polar surface area (TPSA) is 61.9 Å². The molecule has 0 aliphatic carbocycles. The summed E-state index contributed by atoms with van der Waals surface area (Å²) >= 11 is 0. The summed E-state index contributed by atoms with van der Waals surface area (Å²) in [5.41, 5.74) is 5.63. The molecule has 1 saturated heterocycles. The van der Waals surface area contributed by atoms with Gasteiger partial charge in [0.25, 0.3) is 5.91 Å². The highest BCUT2D eigenvalue weighted by Crippen LogP contribution is 2.35. The van der Waals surface area contributed by atoms with Crippen LogP contribution in [-0.4, -0.2) is 52.2 Å². The Balaban J connectivity index is 2.02. The maximum absolute atomic E-state index is 14.5. The maximum atomic E-state index is 14.5. The van der Waals surface area contributed by atoms with Crippen LogP contribution < -0.4 is 5.73 Å². The molecule has 2 heterocycles. The Kier molecular flexibility index (Phi) is 7.38. The number of nitrogens with two attached hydrogens (primary N) is 1. The van der Waals surface area contributed by atoms with Gasteiger partial charge in [0, 0.05) is 31.1 Å². The Morgan fingerprint density at radius 2 is 1.90 bits per heavy atom. The standard InChI is InChI=1S/C24H32F2N4O/c1-4-11-24(12-5-2)16-21(19-15-17(25)7-8-20(19)26)28-30(24)23(31)22(6-3)29-13-9-18(27)10-14-29/h4-5,7-8,11-12,15,18,22H,6,9-10,13-14,16,27H2,1-3H3/b11-4-,12-5+. The van der Waals surface area contributed by atoms with Crippen LogP contribution in [0, 0.1) is 11.6 Å². The van der Waals surface area contributed by atoms with Crippen molar-refractivity contribution in [2.24, 2.45) is 10.8 Å². The Morgan fingerprint density at radius 1 is 1.26 bits per heavy atom. The summed E-state index contributed by atoms with van der Waals surface area (Å²) in [4.78, 5) is 15.9. The lowest BCUT2D eigenvalue weighted by Crippen LogP contribution is -2.54. The molecule has 2 aliphatic rings. The second-order valence-corrected chi connectivity index (χ2v) is 8.29. The minimum Gasteiger partial charge on any atom is -0.328 e. The van der Waals surface area contributed by atoms with Crippen molar-refractivity contribution in [2.45, 2.75) is 64.1 Å². The Bertz CT molecular complexity index is 876. The average molecular weight is 431 g/mol. The van der Waals surface area contributed by atoms with E-state index in [1.165, 1.54) is 5.01 Å². The number of halogens is 2. The van der Waals surface area contributed by atoms with Gasteiger partial charge in [-0.3, -0.25) is 9.69 Å². The molecule has 2 atom stereocenters. The summed E-state index contributed by atoms with van der Waals surface area (Å²) in [6.07, 6.45) is 10.1. The average Bonchev–Trinajstić information content (AvgIpc) is 3.11. The highest BCUT2D eigenvalue weighted by atomic mass is 19.1. The number of hydrogen-bond donors (Lipinski definition) is 1. The molecule has 31 heavy (non-hydrogen) atoms. The van der Waals surface area contributed by atoms with Crippen LogP contribution in [-0.2, 0) is 4.79 Å². The molecule has 0 bridgehead atoms. The van der Waals surface area contributed by atoms with Gasteiger partial charge in [-0.25, -0.2) is 13.8 Å². The van der Waals surface area contributed by atoms with Crippen LogP contribution in [0.2, 0.25) is 0 Å². The van der Waals surface area contributed by atoms with E-state index in [4.69, 9.17) is 5.73 Å². The van der Waals surface area contributed by atoms with E-state index in [0.29, 0.717) is 12.1 Å². The van der Waals surface area contributed by atoms with Gasteiger partial charge in [-0.05, 0) is 51.3 Å². The fourth-order valence-electron chi connectivity index (χ4n) is 4.57. The van der Waals surface area contributed by atoms with Crippen molar-refractivity contribution in [3.05, 3.63) is 59.7 Å². The third kappa shape index (κ3) is 4.77. The van der Waals surface area contributed by atoms with Gasteiger partial charge in [-0.2, -0.15) is 5.10 Å². The first kappa shape index (κ1) is 23.3. The van der Waals surface area contributed by atoms with Gasteiger partial charge >= 0.3 is 0 Å². The number of hydrazone groups is 1. The van der Waals surface area contributed by atoms with Gasteiger partial charge < -0.3 is 5.73 Å². The van der Waals surface area contributed by atoms with Crippen LogP contribution in [0.4, 0.5) is 8.78 Å². The summed E-state index contributed by atoms with van der Waals surface area (Å²) in [6, 6.07) is 3.14. The molecule has 2 aliphatic heterocycles. The SMILES string of the molecule is C/C=C\C1(/C=C/C)CC(c2cc(F)ccc2F)=NN1C(=O)C(CC)N1CCC(N)CC1. The highest BCUT2D eigenvalue weighted by molar-refractivity contribution is 6.04. The number of benzene rings is 1. The van der Waals surface area contributed by atoms with Crippen molar-refractivity contribution in [2.75, 3.05) is 13.1 Å². The second-order valence-electron chi connectivity index (χ2n) is 8.29. The molecule has 2 unspecified atom stereocenters. The van der Waals surface area contributed by atoms with E-state index in [9.17, 15) is 13.6 Å². The predicted octanol–water partition coefficient (Wildman–Crippen LogP) is 3.99. The van der Waals surface area contributed by atoms with Gasteiger partial charge in [-0.1, -0.05) is 31.2 Å². The zero-order chi connectivity index (χ0) is 22.6. The molecular weight excluding hydrogens is 398 g/mol. The van der Waals surface area contributed by atoms with E-state index in [0.717, 1.165) is 44.1 Å². The van der Waals surface area contributed by atoms with E-state index in [2.05, 4.69) is 10.0 Å². The van der Waals surface area contributed by atoms with Crippen LogP contribution in [0.25, 0.3) is 0 Å². The van der Waals surface area contributed by atoms with Gasteiger partial charge in [0.15, 0.2) is 0 Å². The van der Waals surface area contributed by atoms with Crippen molar-refractivity contribution in [3.8, 4) is 0 Å². The first-order chi connectivity index (χ1) is 14.8. The third-order valence-electron chi connectivity index (χ3n) is 6.11. The number of carbonyl (C=O) groups excluding carboxylic acids is 1. The van der Waals surface area contributed by atoms with Crippen molar-refractivity contribution >= 4 is 11.6 Å². The molecular formula is C24H32F2N4O. The fourth-order valence-corrected chi connectivity index (χ4v) is 4.57. The molecule has 1 aromatic rings. The predicted molar refractivity (Wildman–Crippen MR) is 120 cm³/mol. The molecule has 5 nitrogen and oxygen atoms in total. The summed E-state index contributed by atoms with van der Waals surface area (Å²) in [7, 11) is 0. The zero-order valence-corrected chi connectivity index (χ0v) is 18.5. The Labute approximate surface area is 183 Å². The van der Waals surface area contributed by atoms with Crippen LogP contribution in [0.3, 0.4) is 0 Å². The normalized spacial score (nSPS) is 24.3. The monoisotopic (exact) mass is 430 g/mol. The lowest BCUT2D eigenvalue weighted by molar-refractivity contribution is -0.140. The number of amides is 1. The number of likely N-dealkylation sites (tertiary alicyclic amines) is 1. The molecule has 168 valence electrons. The summed E-state index contributed by atoms with van der Waals surface area (Å²) in [6.45, 7) is 7.25. The smallest absolute Gasteiger partial charge is 0.261 e. The number of rotatable bonds is 6. The van der Waals surface area contributed by atoms with Crippen LogP contribution in [0.15, 0.2) is 47.6 Å². The summed E-state index contributed by atoms with van der Waals surface area (Å²) in [5, 5.41) is 6.04. The summed E-state index contributed by atoms with van der Waals surface area (Å²) < 4.78 is 28.4. The summed E-state index contributed by atoms with van der Waals surface area (Å²) in [5.74, 6) is -1.23. The van der Waals surface area contributed by atoms with Gasteiger partial charge in [-0.15, -0.1) is 0 Å². The Hall–Kier alpha value is -2.38. The number of nitrogens with zero attached hydrogens (tertiary/aromatic N) is 3. The second kappa shape index (κ2) is 9.83. The molecule has 7 heteroatoms. The van der Waals surface area contributed by atoms with Gasteiger partial charge in [0.2, 0.25) is 0 Å². The molecule has 1 amide bonds. The first-order valence-electron chi connectivity index (χ1n) is 11.0. The fraction of sp³-hybridized carbons (Fsp3) is 0.500. The molecule has 0 spiro atoms. The van der Waals surface area contributed by atoms with Crippen molar-refractivity contribution in [1.82, 2.24) is 9.91 Å². The number of hydrogen-bond acceptors (Lipinski definition) is 4. The van der Waals surface area contributed by atoms with Gasteiger partial charge in [0.1, 0.15) is 17.2 Å². The maximum Gasteiger partial charge on any atom is 0.261 e. The van der Waals surface area contributed by atoms with Gasteiger partial charge in [0.05, 0.1) is 11.8 Å². The largest absolute Gasteiger partial charge is 0.328 e. The van der Waals surface area contributed by atoms with Crippen molar-refractivity contribution in [3.63, 3.8) is 0 Å². The van der Waals surface area contributed by atoms with E-state index >= 15 is 0 Å². The van der Waals surface area contributed by atoms with E-state index < -0.39 is 17.2 Å². The number of piperidine rings is 1. The molecule has 0 aromatic heterocycles. The molecule has 0 saturated carbocycles. The molecule has 2 N–H and O–H groups in total. The Morgan fingerprint density at radius 3 is 2.48 bits per heavy atom. The van der Waals surface area contributed by atoms with Crippen molar-refractivity contribution in [1.29, 1.82) is 0 Å². The van der Waals surface area contributed by atoms with E-state index in [1.54, 1.807) is 0 Å². The molecule has 3 rings (SSSR count). The lowest BCUT2D eigenvalue weighted by atomic mass is 9.89. The zero-order valence-electron chi connectivity index (χ0n) is 18.5. The van der Waals surface area contributed by atoms with Crippen LogP contribution in [0.1, 0.15) is 52.0 Å². The number of carbonyl (C=O) groups is 1. The van der Waals surface area contributed by atoms with E-state index in [1.807, 2.05) is 45.1 Å². The van der Waals surface area contributed by atoms with Crippen molar-refractivity contribution < 1.29 is 13.6 Å². The van der Waals surface area contributed by atoms with E-state index in [-0.39, 0.29) is 30.0 Å². The molecule has 0 radical (unpaired) electrons. The minimum absolute atomic E-state index is 0.0886.